The minimum absolute atomic E-state index is 0.213. The fourth-order valence-electron chi connectivity index (χ4n) is 2.34. The summed E-state index contributed by atoms with van der Waals surface area (Å²) in [6.45, 7) is 1.86. The van der Waals surface area contributed by atoms with Crippen molar-refractivity contribution in [3.63, 3.8) is 0 Å². The average molecular weight is 265 g/mol. The lowest BCUT2D eigenvalue weighted by Crippen LogP contribution is -2.30. The molecule has 0 bridgehead atoms. The number of hydrazine groups is 1. The van der Waals surface area contributed by atoms with E-state index in [1.807, 2.05) is 43.6 Å². The van der Waals surface area contributed by atoms with Crippen molar-refractivity contribution in [1.82, 2.24) is 20.4 Å². The van der Waals surface area contributed by atoms with Crippen molar-refractivity contribution in [3.8, 4) is 0 Å². The fraction of sp³-hybridized carbons (Fsp3) is 0.133. The van der Waals surface area contributed by atoms with Gasteiger partial charge in [-0.1, -0.05) is 24.3 Å². The highest BCUT2D eigenvalue weighted by Gasteiger charge is 2.17. The predicted molar refractivity (Wildman–Crippen MR) is 77.7 cm³/mol. The van der Waals surface area contributed by atoms with Crippen molar-refractivity contribution in [2.75, 3.05) is 0 Å². The van der Waals surface area contributed by atoms with E-state index >= 15 is 0 Å². The second kappa shape index (κ2) is 5.32. The highest BCUT2D eigenvalue weighted by Crippen LogP contribution is 2.26. The van der Waals surface area contributed by atoms with Crippen LogP contribution in [-0.2, 0) is 0 Å². The van der Waals surface area contributed by atoms with Crippen molar-refractivity contribution in [1.29, 1.82) is 0 Å². The summed E-state index contributed by atoms with van der Waals surface area (Å²) in [6.07, 6.45) is 5.41. The van der Waals surface area contributed by atoms with Crippen LogP contribution in [0.15, 0.2) is 48.9 Å². The van der Waals surface area contributed by atoms with Crippen molar-refractivity contribution in [3.05, 3.63) is 66.0 Å². The van der Waals surface area contributed by atoms with Gasteiger partial charge in [0.05, 0.1) is 11.7 Å². The molecule has 5 heteroatoms. The zero-order chi connectivity index (χ0) is 13.9. The number of pyridine rings is 1. The summed E-state index contributed by atoms with van der Waals surface area (Å²) in [7, 11) is 0. The van der Waals surface area contributed by atoms with Crippen LogP contribution in [0.1, 0.15) is 23.1 Å². The molecule has 0 aliphatic rings. The molecule has 0 spiro atoms. The van der Waals surface area contributed by atoms with Crippen LogP contribution in [-0.4, -0.2) is 15.0 Å². The molecule has 0 saturated heterocycles. The number of fused-ring (bicyclic) bond motifs is 1. The Balaban J connectivity index is 2.17. The van der Waals surface area contributed by atoms with Gasteiger partial charge in [0.25, 0.3) is 0 Å². The molecule has 0 radical (unpaired) electrons. The SMILES string of the molecule is Cc1nccc(C(NN)c2cncc3ccccc23)n1. The van der Waals surface area contributed by atoms with Gasteiger partial charge in [0.1, 0.15) is 5.82 Å². The Morgan fingerprint density at radius 2 is 2.00 bits per heavy atom. The summed E-state index contributed by atoms with van der Waals surface area (Å²) < 4.78 is 0. The van der Waals surface area contributed by atoms with Gasteiger partial charge in [-0.2, -0.15) is 0 Å². The topological polar surface area (TPSA) is 76.7 Å². The van der Waals surface area contributed by atoms with Crippen molar-refractivity contribution >= 4 is 10.8 Å². The first-order valence-electron chi connectivity index (χ1n) is 6.38. The minimum atomic E-state index is -0.213. The van der Waals surface area contributed by atoms with Crippen molar-refractivity contribution < 1.29 is 0 Å². The lowest BCUT2D eigenvalue weighted by molar-refractivity contribution is 0.618. The third-order valence-corrected chi connectivity index (χ3v) is 3.27. The van der Waals surface area contributed by atoms with Crippen LogP contribution in [0.2, 0.25) is 0 Å². The van der Waals surface area contributed by atoms with Crippen LogP contribution in [0.4, 0.5) is 0 Å². The molecule has 20 heavy (non-hydrogen) atoms. The Morgan fingerprint density at radius 1 is 1.15 bits per heavy atom. The molecule has 0 aliphatic carbocycles. The van der Waals surface area contributed by atoms with Crippen LogP contribution in [0.25, 0.3) is 10.8 Å². The standard InChI is InChI=1S/C15H15N5/c1-10-18-7-6-14(19-10)15(20-16)13-9-17-8-11-4-2-3-5-12(11)13/h2-9,15,20H,16H2,1H3. The van der Waals surface area contributed by atoms with E-state index in [-0.39, 0.29) is 6.04 Å². The molecule has 0 fully saturated rings. The van der Waals surface area contributed by atoms with Gasteiger partial charge in [-0.3, -0.25) is 10.8 Å². The molecule has 0 amide bonds. The Hall–Kier alpha value is -2.37. The van der Waals surface area contributed by atoms with E-state index in [0.29, 0.717) is 0 Å². The number of aromatic nitrogens is 3. The number of aryl methyl sites for hydroxylation is 1. The summed E-state index contributed by atoms with van der Waals surface area (Å²) >= 11 is 0. The van der Waals surface area contributed by atoms with E-state index in [4.69, 9.17) is 5.84 Å². The van der Waals surface area contributed by atoms with Crippen molar-refractivity contribution in [2.45, 2.75) is 13.0 Å². The molecular weight excluding hydrogens is 250 g/mol. The summed E-state index contributed by atoms with van der Waals surface area (Å²) in [6, 6.07) is 9.74. The molecule has 1 unspecified atom stereocenters. The molecule has 1 atom stereocenters. The van der Waals surface area contributed by atoms with E-state index in [1.54, 1.807) is 6.20 Å². The summed E-state index contributed by atoms with van der Waals surface area (Å²) in [5.74, 6) is 6.46. The van der Waals surface area contributed by atoms with E-state index in [1.165, 1.54) is 0 Å². The molecule has 1 aromatic carbocycles. The second-order valence-corrected chi connectivity index (χ2v) is 4.58. The van der Waals surface area contributed by atoms with E-state index < -0.39 is 0 Å². The summed E-state index contributed by atoms with van der Waals surface area (Å²) in [5, 5.41) is 2.19. The van der Waals surface area contributed by atoms with Gasteiger partial charge in [0.2, 0.25) is 0 Å². The molecule has 0 aliphatic heterocycles. The van der Waals surface area contributed by atoms with Crippen LogP contribution < -0.4 is 11.3 Å². The highest BCUT2D eigenvalue weighted by molar-refractivity contribution is 5.85. The normalized spacial score (nSPS) is 12.5. The number of nitrogens with zero attached hydrogens (tertiary/aromatic N) is 3. The first kappa shape index (κ1) is 12.7. The molecule has 3 aromatic rings. The average Bonchev–Trinajstić information content (AvgIpc) is 2.48. The number of hydrogen-bond acceptors (Lipinski definition) is 5. The maximum absolute atomic E-state index is 5.74. The number of benzene rings is 1. The smallest absolute Gasteiger partial charge is 0.125 e. The van der Waals surface area contributed by atoms with Gasteiger partial charge < -0.3 is 0 Å². The maximum Gasteiger partial charge on any atom is 0.125 e. The number of nitrogens with two attached hydrogens (primary N) is 1. The van der Waals surface area contributed by atoms with Crippen LogP contribution >= 0.6 is 0 Å². The fourth-order valence-corrected chi connectivity index (χ4v) is 2.34. The third-order valence-electron chi connectivity index (χ3n) is 3.27. The molecule has 2 heterocycles. The van der Waals surface area contributed by atoms with E-state index in [0.717, 1.165) is 27.9 Å². The highest BCUT2D eigenvalue weighted by atomic mass is 15.2. The Morgan fingerprint density at radius 3 is 2.80 bits per heavy atom. The number of rotatable bonds is 3. The monoisotopic (exact) mass is 265 g/mol. The maximum atomic E-state index is 5.74. The molecule has 3 N–H and O–H groups in total. The number of nitrogens with one attached hydrogen (secondary N) is 1. The van der Waals surface area contributed by atoms with Gasteiger partial charge in [0, 0.05) is 29.5 Å². The Kier molecular flexibility index (Phi) is 3.37. The minimum Gasteiger partial charge on any atom is -0.271 e. The first-order chi connectivity index (χ1) is 9.79. The van der Waals surface area contributed by atoms with Gasteiger partial charge >= 0.3 is 0 Å². The van der Waals surface area contributed by atoms with Gasteiger partial charge in [-0.05, 0) is 18.4 Å². The third kappa shape index (κ3) is 2.24. The Bertz CT molecular complexity index is 736. The van der Waals surface area contributed by atoms with Crippen LogP contribution in [0, 0.1) is 6.92 Å². The molecule has 100 valence electrons. The van der Waals surface area contributed by atoms with Gasteiger partial charge in [-0.25, -0.2) is 15.4 Å². The second-order valence-electron chi connectivity index (χ2n) is 4.58. The summed E-state index contributed by atoms with van der Waals surface area (Å²) in [5.41, 5.74) is 4.66. The van der Waals surface area contributed by atoms with Crippen LogP contribution in [0.3, 0.4) is 0 Å². The molecule has 3 rings (SSSR count). The molecular formula is C15H15N5. The molecule has 5 nitrogen and oxygen atoms in total. The summed E-state index contributed by atoms with van der Waals surface area (Å²) in [4.78, 5) is 12.9. The molecule has 0 saturated carbocycles. The zero-order valence-corrected chi connectivity index (χ0v) is 11.1. The zero-order valence-electron chi connectivity index (χ0n) is 11.1. The van der Waals surface area contributed by atoms with E-state index in [2.05, 4.69) is 26.4 Å². The lowest BCUT2D eigenvalue weighted by atomic mass is 9.99. The lowest BCUT2D eigenvalue weighted by Gasteiger charge is -2.17. The largest absolute Gasteiger partial charge is 0.271 e. The van der Waals surface area contributed by atoms with Gasteiger partial charge in [-0.15, -0.1) is 0 Å². The molecule has 2 aromatic heterocycles. The van der Waals surface area contributed by atoms with Crippen LogP contribution in [0.5, 0.6) is 0 Å². The van der Waals surface area contributed by atoms with E-state index in [9.17, 15) is 0 Å². The van der Waals surface area contributed by atoms with Crippen molar-refractivity contribution in [2.24, 2.45) is 5.84 Å². The quantitative estimate of drug-likeness (QED) is 0.558. The first-order valence-corrected chi connectivity index (χ1v) is 6.38. The predicted octanol–water partition coefficient (Wildman–Crippen LogP) is 1.89. The van der Waals surface area contributed by atoms with Gasteiger partial charge in [0.15, 0.2) is 0 Å². The Labute approximate surface area is 116 Å². The number of hydrogen-bond donors (Lipinski definition) is 2.